The molecule has 1 aromatic carbocycles. The van der Waals surface area contributed by atoms with Crippen LogP contribution in [0.25, 0.3) is 0 Å². The molecule has 98 valence electrons. The summed E-state index contributed by atoms with van der Waals surface area (Å²) in [7, 11) is 0. The maximum absolute atomic E-state index is 13.3. The highest BCUT2D eigenvalue weighted by Crippen LogP contribution is 2.15. The summed E-state index contributed by atoms with van der Waals surface area (Å²) in [4.78, 5) is 15.0. The highest BCUT2D eigenvalue weighted by atomic mass is 19.1. The Labute approximate surface area is 109 Å². The Balaban J connectivity index is 2.26. The summed E-state index contributed by atoms with van der Waals surface area (Å²) in [5, 5.41) is 2.39. The number of anilines is 1. The third kappa shape index (κ3) is 2.93. The molecule has 0 spiro atoms. The molecule has 0 bridgehead atoms. The van der Waals surface area contributed by atoms with Crippen molar-refractivity contribution < 1.29 is 13.6 Å². The fourth-order valence-corrected chi connectivity index (χ4v) is 1.75. The van der Waals surface area contributed by atoms with E-state index in [9.17, 15) is 13.6 Å². The third-order valence-corrected chi connectivity index (χ3v) is 2.71. The van der Waals surface area contributed by atoms with Crippen LogP contribution in [0.3, 0.4) is 0 Å². The minimum absolute atomic E-state index is 0.141. The first-order chi connectivity index (χ1) is 9.11. The van der Waals surface area contributed by atoms with E-state index in [-0.39, 0.29) is 5.69 Å². The lowest BCUT2D eigenvalue weighted by Gasteiger charge is -2.09. The molecule has 1 heterocycles. The van der Waals surface area contributed by atoms with Gasteiger partial charge in [-0.15, -0.1) is 0 Å². The summed E-state index contributed by atoms with van der Waals surface area (Å²) >= 11 is 0. The molecule has 2 aromatic rings. The monoisotopic (exact) mass is 262 g/mol. The number of hydrogen-bond acceptors (Lipinski definition) is 2. The zero-order valence-corrected chi connectivity index (χ0v) is 10.3. The van der Waals surface area contributed by atoms with E-state index in [0.29, 0.717) is 12.0 Å². The van der Waals surface area contributed by atoms with Crippen LogP contribution in [0.2, 0.25) is 0 Å². The molecule has 2 rings (SSSR count). The number of benzene rings is 1. The fraction of sp³-hybridized carbons (Fsp3) is 0.143. The van der Waals surface area contributed by atoms with E-state index in [1.807, 2.05) is 19.1 Å². The highest BCUT2D eigenvalue weighted by molar-refractivity contribution is 6.05. The first kappa shape index (κ1) is 13.1. The van der Waals surface area contributed by atoms with Gasteiger partial charge >= 0.3 is 0 Å². The third-order valence-electron chi connectivity index (χ3n) is 2.71. The van der Waals surface area contributed by atoms with Gasteiger partial charge in [0.15, 0.2) is 0 Å². The minimum Gasteiger partial charge on any atom is -0.318 e. The number of carbonyl (C=O) groups excluding carboxylic acids is 1. The number of aryl methyl sites for hydroxylation is 1. The maximum atomic E-state index is 13.3. The van der Waals surface area contributed by atoms with Crippen molar-refractivity contribution in [1.29, 1.82) is 0 Å². The van der Waals surface area contributed by atoms with Gasteiger partial charge in [0, 0.05) is 5.56 Å². The molecule has 0 atom stereocenters. The van der Waals surface area contributed by atoms with Gasteiger partial charge in [-0.25, -0.2) is 0 Å². The van der Waals surface area contributed by atoms with Crippen LogP contribution in [0.4, 0.5) is 14.5 Å². The smallest absolute Gasteiger partial charge is 0.256 e. The van der Waals surface area contributed by atoms with Crippen molar-refractivity contribution in [2.45, 2.75) is 13.3 Å². The van der Waals surface area contributed by atoms with Crippen molar-refractivity contribution in [2.75, 3.05) is 5.32 Å². The molecule has 0 saturated heterocycles. The zero-order valence-electron chi connectivity index (χ0n) is 10.3. The van der Waals surface area contributed by atoms with E-state index in [1.54, 1.807) is 12.1 Å². The second-order valence-electron chi connectivity index (χ2n) is 3.94. The van der Waals surface area contributed by atoms with Crippen LogP contribution in [0.5, 0.6) is 0 Å². The predicted molar refractivity (Wildman–Crippen MR) is 67.9 cm³/mol. The van der Waals surface area contributed by atoms with Gasteiger partial charge < -0.3 is 5.32 Å². The summed E-state index contributed by atoms with van der Waals surface area (Å²) in [6.45, 7) is 1.92. The second-order valence-corrected chi connectivity index (χ2v) is 3.94. The summed E-state index contributed by atoms with van der Waals surface area (Å²) < 4.78 is 26.0. The number of halogens is 2. The Morgan fingerprint density at radius 2 is 1.95 bits per heavy atom. The van der Waals surface area contributed by atoms with Crippen molar-refractivity contribution >= 4 is 11.6 Å². The van der Waals surface area contributed by atoms with Gasteiger partial charge in [-0.1, -0.05) is 25.1 Å². The molecule has 0 fully saturated rings. The van der Waals surface area contributed by atoms with Gasteiger partial charge in [-0.3, -0.25) is 4.79 Å². The van der Waals surface area contributed by atoms with Crippen molar-refractivity contribution in [3.05, 3.63) is 59.4 Å². The Kier molecular flexibility index (Phi) is 3.85. The fourth-order valence-electron chi connectivity index (χ4n) is 1.75. The summed E-state index contributed by atoms with van der Waals surface area (Å²) in [5.41, 5.74) is 1.18. The van der Waals surface area contributed by atoms with Gasteiger partial charge in [-0.2, -0.15) is 13.8 Å². The van der Waals surface area contributed by atoms with Crippen LogP contribution < -0.4 is 5.32 Å². The van der Waals surface area contributed by atoms with Crippen LogP contribution in [0.1, 0.15) is 22.8 Å². The molecule has 0 aliphatic rings. The minimum atomic E-state index is -1.04. The van der Waals surface area contributed by atoms with Crippen LogP contribution in [0.15, 0.2) is 36.4 Å². The van der Waals surface area contributed by atoms with Gasteiger partial charge in [0.2, 0.25) is 11.9 Å². The second kappa shape index (κ2) is 5.56. The number of nitrogens with one attached hydrogen (secondary N) is 1. The number of pyridine rings is 1. The zero-order chi connectivity index (χ0) is 13.8. The summed E-state index contributed by atoms with van der Waals surface area (Å²) in [6.07, 6.45) is 0.688. The van der Waals surface area contributed by atoms with E-state index in [4.69, 9.17) is 0 Å². The quantitative estimate of drug-likeness (QED) is 0.863. The Morgan fingerprint density at radius 3 is 2.63 bits per heavy atom. The van der Waals surface area contributed by atoms with E-state index < -0.39 is 17.8 Å². The van der Waals surface area contributed by atoms with Gasteiger partial charge in [0.25, 0.3) is 5.91 Å². The molecule has 0 saturated carbocycles. The maximum Gasteiger partial charge on any atom is 0.256 e. The van der Waals surface area contributed by atoms with Gasteiger partial charge in [0.05, 0.1) is 5.69 Å². The standard InChI is InChI=1S/C14H12F2N2O/c1-2-9-5-3-4-6-10(9)14(19)17-11-7-8-12(15)18-13(11)16/h3-8H,2H2,1H3,(H,17,19). The van der Waals surface area contributed by atoms with Crippen LogP contribution in [-0.4, -0.2) is 10.9 Å². The molecule has 1 N–H and O–H groups in total. The van der Waals surface area contributed by atoms with Gasteiger partial charge in [0.1, 0.15) is 0 Å². The van der Waals surface area contributed by atoms with E-state index in [1.165, 1.54) is 0 Å². The van der Waals surface area contributed by atoms with Crippen LogP contribution in [0, 0.1) is 11.9 Å². The molecular weight excluding hydrogens is 250 g/mol. The molecule has 1 amide bonds. The first-order valence-electron chi connectivity index (χ1n) is 5.83. The number of amides is 1. The van der Waals surface area contributed by atoms with E-state index in [0.717, 1.165) is 17.7 Å². The van der Waals surface area contributed by atoms with Crippen molar-refractivity contribution in [3.63, 3.8) is 0 Å². The molecule has 0 aliphatic heterocycles. The molecule has 0 aliphatic carbocycles. The predicted octanol–water partition coefficient (Wildman–Crippen LogP) is 3.17. The molecule has 0 radical (unpaired) electrons. The van der Waals surface area contributed by atoms with Crippen molar-refractivity contribution in [2.24, 2.45) is 0 Å². The molecule has 3 nitrogen and oxygen atoms in total. The number of carbonyl (C=O) groups is 1. The lowest BCUT2D eigenvalue weighted by atomic mass is 10.0. The van der Waals surface area contributed by atoms with Crippen LogP contribution >= 0.6 is 0 Å². The first-order valence-corrected chi connectivity index (χ1v) is 5.83. The Morgan fingerprint density at radius 1 is 1.21 bits per heavy atom. The molecule has 1 aromatic heterocycles. The topological polar surface area (TPSA) is 42.0 Å². The Hall–Kier alpha value is -2.30. The molecular formula is C14H12F2N2O. The largest absolute Gasteiger partial charge is 0.318 e. The normalized spacial score (nSPS) is 10.3. The summed E-state index contributed by atoms with van der Waals surface area (Å²) in [6, 6.07) is 9.18. The van der Waals surface area contributed by atoms with Crippen LogP contribution in [-0.2, 0) is 6.42 Å². The SMILES string of the molecule is CCc1ccccc1C(=O)Nc1ccc(F)nc1F. The van der Waals surface area contributed by atoms with Gasteiger partial charge in [-0.05, 0) is 30.2 Å². The average molecular weight is 262 g/mol. The number of aromatic nitrogens is 1. The Bertz CT molecular complexity index is 614. The van der Waals surface area contributed by atoms with E-state index in [2.05, 4.69) is 10.3 Å². The lowest BCUT2D eigenvalue weighted by molar-refractivity contribution is 0.102. The number of rotatable bonds is 3. The highest BCUT2D eigenvalue weighted by Gasteiger charge is 2.13. The molecule has 0 unspecified atom stereocenters. The molecule has 19 heavy (non-hydrogen) atoms. The van der Waals surface area contributed by atoms with Crippen molar-refractivity contribution in [3.8, 4) is 0 Å². The average Bonchev–Trinajstić information content (AvgIpc) is 2.41. The number of nitrogens with zero attached hydrogens (tertiary/aromatic N) is 1. The molecule has 5 heteroatoms. The number of hydrogen-bond donors (Lipinski definition) is 1. The summed E-state index contributed by atoms with van der Waals surface area (Å²) in [5.74, 6) is -2.41. The van der Waals surface area contributed by atoms with E-state index >= 15 is 0 Å². The lowest BCUT2D eigenvalue weighted by Crippen LogP contribution is -2.15. The van der Waals surface area contributed by atoms with Crippen molar-refractivity contribution in [1.82, 2.24) is 4.98 Å².